The molecule has 1 aromatic heterocycles. The molecule has 9 nitrogen and oxygen atoms in total. The number of halogens is 9. The van der Waals surface area contributed by atoms with Gasteiger partial charge in [0.15, 0.2) is 0 Å². The number of carboxylic acid groups (broad SMARTS) is 1. The molecule has 0 bridgehead atoms. The standard InChI is InChI=1S/C35H42N4O2.C4F6O2.C2HF3O/c1-3-39-34(25-32(37-39)24-27-10-6-4-7-11-27)30-18-21-38(22-19-30)23-20-33(29-12-8-5-9-13-29)36-26(2)28-14-16-31(17-15-28)35(40)41;5-3(6,7)1(11)2(12)4(8,9)10;3-2(4,5)1-6/h4-17,25-26,30,33,36H,3,18-24H2,1-2H3,(H,40,41);;1H/t26?,33-;;/m0../s1. The number of carbonyl (C=O) groups excluding carboxylic acids is 3. The number of aromatic carboxylic acids is 1. The second-order valence-corrected chi connectivity index (χ2v) is 13.5. The summed E-state index contributed by atoms with van der Waals surface area (Å²) < 4.78 is 100. The quantitative estimate of drug-likeness (QED) is 0.0779. The van der Waals surface area contributed by atoms with E-state index < -0.39 is 42.4 Å². The first-order chi connectivity index (χ1) is 27.6. The molecular formula is C41H43F9N4O5. The van der Waals surface area contributed by atoms with E-state index in [0.717, 1.165) is 57.4 Å². The van der Waals surface area contributed by atoms with Crippen LogP contribution in [0.4, 0.5) is 39.5 Å². The SMILES string of the molecule is CCn1nc(Cc2ccccc2)cc1C1CCN(CC[C@H](NC(C)c2ccc(C(=O)O)cc2)c2ccccc2)CC1.O=C(C(=O)C(F)(F)F)C(F)(F)F.O=CC(F)(F)F. The van der Waals surface area contributed by atoms with Gasteiger partial charge in [-0.15, -0.1) is 0 Å². The smallest absolute Gasteiger partial charge is 0.458 e. The third-order valence-electron chi connectivity index (χ3n) is 9.29. The molecule has 2 atom stereocenters. The number of ketones is 2. The number of alkyl halides is 9. The van der Waals surface area contributed by atoms with Crippen LogP contribution in [0, 0.1) is 0 Å². The van der Waals surface area contributed by atoms with Crippen molar-refractivity contribution in [3.05, 3.63) is 125 Å². The van der Waals surface area contributed by atoms with E-state index in [1.807, 2.05) is 12.1 Å². The van der Waals surface area contributed by atoms with Crippen molar-refractivity contribution in [2.24, 2.45) is 0 Å². The lowest BCUT2D eigenvalue weighted by atomic mass is 9.92. The van der Waals surface area contributed by atoms with Crippen molar-refractivity contribution in [2.45, 2.75) is 82.6 Å². The molecule has 1 saturated heterocycles. The molecule has 1 unspecified atom stereocenters. The van der Waals surface area contributed by atoms with E-state index in [2.05, 4.69) is 95.5 Å². The first-order valence-electron chi connectivity index (χ1n) is 18.4. The highest BCUT2D eigenvalue weighted by Gasteiger charge is 2.54. The van der Waals surface area contributed by atoms with Gasteiger partial charge in [-0.05, 0) is 87.6 Å². The number of likely N-dealkylation sites (tertiary alicyclic amines) is 1. The summed E-state index contributed by atoms with van der Waals surface area (Å²) in [5.74, 6) is -7.15. The molecule has 5 rings (SSSR count). The number of piperidine rings is 1. The van der Waals surface area contributed by atoms with E-state index in [1.54, 1.807) is 12.1 Å². The lowest BCUT2D eigenvalue weighted by Gasteiger charge is -2.33. The highest BCUT2D eigenvalue weighted by Crippen LogP contribution is 2.31. The van der Waals surface area contributed by atoms with Gasteiger partial charge in [0.2, 0.25) is 6.29 Å². The summed E-state index contributed by atoms with van der Waals surface area (Å²) in [5, 5.41) is 18.0. The van der Waals surface area contributed by atoms with Crippen LogP contribution in [-0.2, 0) is 27.3 Å². The first-order valence-corrected chi connectivity index (χ1v) is 18.4. The maximum Gasteiger partial charge on any atom is 0.458 e. The maximum absolute atomic E-state index is 11.3. The van der Waals surface area contributed by atoms with Crippen LogP contribution in [0.5, 0.6) is 0 Å². The minimum Gasteiger partial charge on any atom is -0.478 e. The predicted molar refractivity (Wildman–Crippen MR) is 199 cm³/mol. The van der Waals surface area contributed by atoms with Gasteiger partial charge in [0.05, 0.1) is 11.3 Å². The molecule has 2 heterocycles. The minimum atomic E-state index is -5.77. The van der Waals surface area contributed by atoms with Gasteiger partial charge >= 0.3 is 36.1 Å². The summed E-state index contributed by atoms with van der Waals surface area (Å²) >= 11 is 0. The third kappa shape index (κ3) is 15.7. The van der Waals surface area contributed by atoms with Gasteiger partial charge in [-0.1, -0.05) is 72.8 Å². The molecule has 0 saturated carbocycles. The number of carboxylic acids is 1. The summed E-state index contributed by atoms with van der Waals surface area (Å²) in [5.41, 5.74) is 6.56. The highest BCUT2D eigenvalue weighted by atomic mass is 19.4. The first kappa shape index (κ1) is 48.0. The summed E-state index contributed by atoms with van der Waals surface area (Å²) in [4.78, 5) is 41.8. The molecule has 18 heteroatoms. The Morgan fingerprint density at radius 3 is 1.78 bits per heavy atom. The van der Waals surface area contributed by atoms with Crippen molar-refractivity contribution in [2.75, 3.05) is 19.6 Å². The fourth-order valence-electron chi connectivity index (χ4n) is 6.33. The maximum atomic E-state index is 11.3. The van der Waals surface area contributed by atoms with Crippen LogP contribution in [0.3, 0.4) is 0 Å². The number of benzene rings is 3. The second-order valence-electron chi connectivity index (χ2n) is 13.5. The van der Waals surface area contributed by atoms with Gasteiger partial charge in [-0.25, -0.2) is 4.79 Å². The van der Waals surface area contributed by atoms with Crippen molar-refractivity contribution in [1.29, 1.82) is 0 Å². The molecule has 1 aliphatic rings. The van der Waals surface area contributed by atoms with Crippen LogP contribution in [0.2, 0.25) is 0 Å². The van der Waals surface area contributed by atoms with Gasteiger partial charge in [0.25, 0.3) is 0 Å². The third-order valence-corrected chi connectivity index (χ3v) is 9.29. The van der Waals surface area contributed by atoms with Crippen LogP contribution in [-0.4, -0.2) is 81.8 Å². The summed E-state index contributed by atoms with van der Waals surface area (Å²) in [6.07, 6.45) is -13.0. The zero-order valence-corrected chi connectivity index (χ0v) is 32.0. The Morgan fingerprint density at radius 1 is 0.814 bits per heavy atom. The Hall–Kier alpha value is -5.36. The zero-order chi connectivity index (χ0) is 44.0. The Balaban J connectivity index is 0.000000431. The molecule has 0 radical (unpaired) electrons. The Kier molecular flexibility index (Phi) is 17.6. The predicted octanol–water partition coefficient (Wildman–Crippen LogP) is 8.85. The Labute approximate surface area is 334 Å². The van der Waals surface area contributed by atoms with Crippen molar-refractivity contribution < 1.29 is 63.8 Å². The number of carbonyl (C=O) groups is 4. The second kappa shape index (κ2) is 21.6. The van der Waals surface area contributed by atoms with Gasteiger partial charge in [-0.3, -0.25) is 19.1 Å². The average molecular weight is 843 g/mol. The lowest BCUT2D eigenvalue weighted by Crippen LogP contribution is -2.39. The molecule has 0 aliphatic carbocycles. The van der Waals surface area contributed by atoms with E-state index in [1.165, 1.54) is 22.5 Å². The van der Waals surface area contributed by atoms with Crippen LogP contribution < -0.4 is 5.32 Å². The molecule has 59 heavy (non-hydrogen) atoms. The number of aromatic nitrogens is 2. The van der Waals surface area contributed by atoms with Crippen molar-refractivity contribution >= 4 is 23.8 Å². The summed E-state index contributed by atoms with van der Waals surface area (Å²) in [6.45, 7) is 8.49. The molecule has 1 aliphatic heterocycles. The Bertz CT molecular complexity index is 1920. The van der Waals surface area contributed by atoms with Gasteiger partial charge in [0, 0.05) is 36.7 Å². The van der Waals surface area contributed by atoms with Crippen molar-refractivity contribution in [1.82, 2.24) is 20.0 Å². The molecule has 3 aromatic carbocycles. The van der Waals surface area contributed by atoms with Gasteiger partial charge in [-0.2, -0.15) is 44.6 Å². The number of aryl methyl sites for hydroxylation is 1. The van der Waals surface area contributed by atoms with Crippen LogP contribution >= 0.6 is 0 Å². The zero-order valence-electron chi connectivity index (χ0n) is 32.0. The minimum absolute atomic E-state index is 0.105. The van der Waals surface area contributed by atoms with Crippen LogP contribution in [0.25, 0.3) is 0 Å². The fourth-order valence-corrected chi connectivity index (χ4v) is 6.33. The number of aldehydes is 1. The summed E-state index contributed by atoms with van der Waals surface area (Å²) in [6, 6.07) is 31.1. The van der Waals surface area contributed by atoms with Gasteiger partial charge < -0.3 is 15.3 Å². The number of hydrogen-bond acceptors (Lipinski definition) is 7. The largest absolute Gasteiger partial charge is 0.478 e. The summed E-state index contributed by atoms with van der Waals surface area (Å²) in [7, 11) is 0. The van der Waals surface area contributed by atoms with E-state index in [4.69, 9.17) is 9.89 Å². The molecule has 1 fully saturated rings. The number of hydrogen-bond donors (Lipinski definition) is 2. The normalized spacial score (nSPS) is 14.8. The van der Waals surface area contributed by atoms with Crippen LogP contribution in [0.15, 0.2) is 91.0 Å². The van der Waals surface area contributed by atoms with Gasteiger partial charge in [0.1, 0.15) is 0 Å². The molecule has 4 aromatic rings. The van der Waals surface area contributed by atoms with Crippen LogP contribution in [0.1, 0.15) is 89.5 Å². The Morgan fingerprint density at radius 2 is 1.32 bits per heavy atom. The van der Waals surface area contributed by atoms with E-state index in [9.17, 15) is 59.0 Å². The molecule has 320 valence electrons. The highest BCUT2D eigenvalue weighted by molar-refractivity contribution is 6.41. The molecule has 0 spiro atoms. The fraction of sp³-hybridized carbons (Fsp3) is 0.390. The number of nitrogens with zero attached hydrogens (tertiary/aromatic N) is 3. The van der Waals surface area contributed by atoms with E-state index >= 15 is 0 Å². The van der Waals surface area contributed by atoms with Crippen molar-refractivity contribution in [3.8, 4) is 0 Å². The number of rotatable bonds is 13. The number of Topliss-reactive ketones (excluding diaryl/α,β-unsaturated/α-hetero) is 2. The number of nitrogens with one attached hydrogen (secondary N) is 1. The topological polar surface area (TPSA) is 122 Å². The monoisotopic (exact) mass is 842 g/mol. The molecular weight excluding hydrogens is 799 g/mol. The molecule has 2 N–H and O–H groups in total. The van der Waals surface area contributed by atoms with E-state index in [0.29, 0.717) is 11.5 Å². The lowest BCUT2D eigenvalue weighted by molar-refractivity contribution is -0.193. The van der Waals surface area contributed by atoms with Crippen molar-refractivity contribution in [3.63, 3.8) is 0 Å². The van der Waals surface area contributed by atoms with E-state index in [-0.39, 0.29) is 12.1 Å². The average Bonchev–Trinajstić information content (AvgIpc) is 3.61. The molecule has 0 amide bonds.